The molecule has 0 aliphatic heterocycles. The third kappa shape index (κ3) is 10.6. The van der Waals surface area contributed by atoms with Gasteiger partial charge in [0.15, 0.2) is 0 Å². The molecule has 0 saturated heterocycles. The highest BCUT2D eigenvalue weighted by molar-refractivity contribution is 5.79. The van der Waals surface area contributed by atoms with E-state index in [1.54, 1.807) is 0 Å². The maximum absolute atomic E-state index is 12.2. The maximum Gasteiger partial charge on any atom is 0.309 e. The molecule has 4 heteroatoms. The fourth-order valence-electron chi connectivity index (χ4n) is 2.89. The summed E-state index contributed by atoms with van der Waals surface area (Å²) in [7, 11) is 0. The molecule has 1 aromatic rings. The number of benzene rings is 1. The highest BCUT2D eigenvalue weighted by atomic mass is 16.5. The zero-order valence-electron chi connectivity index (χ0n) is 15.4. The molecule has 1 rings (SSSR count). The second-order valence-electron chi connectivity index (χ2n) is 6.65. The van der Waals surface area contributed by atoms with E-state index in [1.165, 1.54) is 32.1 Å². The van der Waals surface area contributed by atoms with Crippen molar-refractivity contribution >= 4 is 11.9 Å². The van der Waals surface area contributed by atoms with Crippen LogP contribution in [0.15, 0.2) is 30.3 Å². The number of ether oxygens (including phenoxy) is 1. The number of aliphatic carboxylic acids is 1. The molecule has 0 bridgehead atoms. The molecule has 0 heterocycles. The minimum Gasteiger partial charge on any atom is -0.481 e. The van der Waals surface area contributed by atoms with Crippen molar-refractivity contribution in [3.8, 4) is 0 Å². The number of esters is 1. The van der Waals surface area contributed by atoms with Gasteiger partial charge < -0.3 is 9.84 Å². The molecule has 0 saturated carbocycles. The summed E-state index contributed by atoms with van der Waals surface area (Å²) in [4.78, 5) is 23.2. The summed E-state index contributed by atoms with van der Waals surface area (Å²) in [5.74, 6) is -1.88. The standard InChI is InChI=1S/C21H32O4/c1-2-3-4-5-6-7-8-12-15-19(16-20(22)23)21(24)25-17-18-13-10-9-11-14-18/h9-11,13-14,19H,2-8,12,15-17H2,1H3,(H,22,23)/t19-/m1/s1. The van der Waals surface area contributed by atoms with Crippen molar-refractivity contribution in [2.24, 2.45) is 5.92 Å². The van der Waals surface area contributed by atoms with E-state index in [1.807, 2.05) is 30.3 Å². The summed E-state index contributed by atoms with van der Waals surface area (Å²) in [6.45, 7) is 2.41. The Morgan fingerprint density at radius 1 is 0.960 bits per heavy atom. The molecule has 0 amide bonds. The zero-order valence-corrected chi connectivity index (χ0v) is 15.4. The monoisotopic (exact) mass is 348 g/mol. The minimum absolute atomic E-state index is 0.149. The number of rotatable bonds is 14. The molecule has 4 nitrogen and oxygen atoms in total. The van der Waals surface area contributed by atoms with Crippen molar-refractivity contribution in [1.82, 2.24) is 0 Å². The van der Waals surface area contributed by atoms with Gasteiger partial charge in [0.25, 0.3) is 0 Å². The molecule has 0 fully saturated rings. The van der Waals surface area contributed by atoms with Crippen LogP contribution < -0.4 is 0 Å². The van der Waals surface area contributed by atoms with Gasteiger partial charge in [-0.3, -0.25) is 9.59 Å². The number of carboxylic acid groups (broad SMARTS) is 1. The summed E-state index contributed by atoms with van der Waals surface area (Å²) in [6, 6.07) is 9.45. The van der Waals surface area contributed by atoms with Crippen LogP contribution in [-0.2, 0) is 20.9 Å². The van der Waals surface area contributed by atoms with E-state index >= 15 is 0 Å². The molecule has 0 aliphatic carbocycles. The van der Waals surface area contributed by atoms with Gasteiger partial charge in [-0.25, -0.2) is 0 Å². The van der Waals surface area contributed by atoms with Crippen molar-refractivity contribution in [2.75, 3.05) is 0 Å². The number of hydrogen-bond donors (Lipinski definition) is 1. The van der Waals surface area contributed by atoms with Gasteiger partial charge in [0, 0.05) is 0 Å². The van der Waals surface area contributed by atoms with Gasteiger partial charge in [0.05, 0.1) is 12.3 Å². The van der Waals surface area contributed by atoms with Crippen LogP contribution in [0.3, 0.4) is 0 Å². The van der Waals surface area contributed by atoms with E-state index in [-0.39, 0.29) is 13.0 Å². The zero-order chi connectivity index (χ0) is 18.3. The largest absolute Gasteiger partial charge is 0.481 e. The molecule has 1 atom stereocenters. The average Bonchev–Trinajstić information content (AvgIpc) is 2.61. The molecule has 0 aromatic heterocycles. The number of carboxylic acids is 1. The highest BCUT2D eigenvalue weighted by Crippen LogP contribution is 2.18. The van der Waals surface area contributed by atoms with Crippen molar-refractivity contribution < 1.29 is 19.4 Å². The Morgan fingerprint density at radius 2 is 1.56 bits per heavy atom. The van der Waals surface area contributed by atoms with Gasteiger partial charge in [-0.15, -0.1) is 0 Å². The van der Waals surface area contributed by atoms with Crippen LogP contribution in [0.25, 0.3) is 0 Å². The molecule has 25 heavy (non-hydrogen) atoms. The number of hydrogen-bond acceptors (Lipinski definition) is 3. The Balaban J connectivity index is 2.27. The normalized spacial score (nSPS) is 11.9. The van der Waals surface area contributed by atoms with E-state index in [0.29, 0.717) is 6.42 Å². The van der Waals surface area contributed by atoms with Crippen LogP contribution in [0.1, 0.15) is 76.7 Å². The highest BCUT2D eigenvalue weighted by Gasteiger charge is 2.22. The van der Waals surface area contributed by atoms with Gasteiger partial charge in [-0.1, -0.05) is 88.6 Å². The lowest BCUT2D eigenvalue weighted by Gasteiger charge is -2.14. The van der Waals surface area contributed by atoms with Crippen molar-refractivity contribution in [3.63, 3.8) is 0 Å². The Morgan fingerprint density at radius 3 is 2.16 bits per heavy atom. The molecular formula is C21H32O4. The average molecular weight is 348 g/mol. The molecule has 0 radical (unpaired) electrons. The first kappa shape index (κ1) is 21.2. The lowest BCUT2D eigenvalue weighted by Crippen LogP contribution is -2.21. The summed E-state index contributed by atoms with van der Waals surface area (Å²) in [6.07, 6.45) is 9.87. The van der Waals surface area contributed by atoms with Gasteiger partial charge in [0.2, 0.25) is 0 Å². The first-order valence-corrected chi connectivity index (χ1v) is 9.55. The number of carbonyl (C=O) groups is 2. The molecule has 1 aromatic carbocycles. The van der Waals surface area contributed by atoms with Gasteiger partial charge in [0.1, 0.15) is 6.61 Å². The first-order valence-electron chi connectivity index (χ1n) is 9.55. The summed E-state index contributed by atoms with van der Waals surface area (Å²) in [5.41, 5.74) is 0.914. The van der Waals surface area contributed by atoms with Crippen LogP contribution in [0.4, 0.5) is 0 Å². The number of carbonyl (C=O) groups excluding carboxylic acids is 1. The molecule has 0 unspecified atom stereocenters. The quantitative estimate of drug-likeness (QED) is 0.363. The first-order chi connectivity index (χ1) is 12.1. The molecule has 1 N–H and O–H groups in total. The molecular weight excluding hydrogens is 316 g/mol. The molecule has 140 valence electrons. The third-order valence-electron chi connectivity index (χ3n) is 4.38. The van der Waals surface area contributed by atoms with Crippen LogP contribution in [0, 0.1) is 5.92 Å². The lowest BCUT2D eigenvalue weighted by molar-refractivity contribution is -0.154. The van der Waals surface area contributed by atoms with E-state index < -0.39 is 17.9 Å². The molecule has 0 aliphatic rings. The van der Waals surface area contributed by atoms with Crippen molar-refractivity contribution in [2.45, 2.75) is 77.7 Å². The van der Waals surface area contributed by atoms with E-state index in [0.717, 1.165) is 24.8 Å². The Kier molecular flexibility index (Phi) is 11.4. The topological polar surface area (TPSA) is 63.6 Å². The van der Waals surface area contributed by atoms with Crippen LogP contribution in [0.5, 0.6) is 0 Å². The van der Waals surface area contributed by atoms with E-state index in [2.05, 4.69) is 6.92 Å². The Bertz CT molecular complexity index is 484. The summed E-state index contributed by atoms with van der Waals surface area (Å²) < 4.78 is 5.31. The van der Waals surface area contributed by atoms with Crippen molar-refractivity contribution in [1.29, 1.82) is 0 Å². The summed E-state index contributed by atoms with van der Waals surface area (Å²) in [5, 5.41) is 9.03. The Labute approximate surface area is 151 Å². The Hall–Kier alpha value is -1.84. The maximum atomic E-state index is 12.2. The van der Waals surface area contributed by atoms with Crippen molar-refractivity contribution in [3.05, 3.63) is 35.9 Å². The number of unbranched alkanes of at least 4 members (excludes halogenated alkanes) is 7. The molecule has 0 spiro atoms. The van der Waals surface area contributed by atoms with E-state index in [9.17, 15) is 9.59 Å². The lowest BCUT2D eigenvalue weighted by atomic mass is 9.97. The van der Waals surface area contributed by atoms with Crippen LogP contribution >= 0.6 is 0 Å². The van der Waals surface area contributed by atoms with Crippen LogP contribution in [-0.4, -0.2) is 17.0 Å². The minimum atomic E-state index is -0.943. The fraction of sp³-hybridized carbons (Fsp3) is 0.619. The third-order valence-corrected chi connectivity index (χ3v) is 4.38. The van der Waals surface area contributed by atoms with Gasteiger partial charge in [-0.2, -0.15) is 0 Å². The second kappa shape index (κ2) is 13.5. The van der Waals surface area contributed by atoms with Gasteiger partial charge in [-0.05, 0) is 12.0 Å². The summed E-state index contributed by atoms with van der Waals surface area (Å²) >= 11 is 0. The van der Waals surface area contributed by atoms with Gasteiger partial charge >= 0.3 is 11.9 Å². The SMILES string of the molecule is CCCCCCCCCC[C@H](CC(=O)O)C(=O)OCc1ccccc1. The second-order valence-corrected chi connectivity index (χ2v) is 6.65. The smallest absolute Gasteiger partial charge is 0.309 e. The predicted molar refractivity (Wildman–Crippen MR) is 99.2 cm³/mol. The predicted octanol–water partition coefficient (Wildman–Crippen LogP) is 5.35. The van der Waals surface area contributed by atoms with Crippen LogP contribution in [0.2, 0.25) is 0 Å². The fourth-order valence-corrected chi connectivity index (χ4v) is 2.89. The van der Waals surface area contributed by atoms with E-state index in [4.69, 9.17) is 9.84 Å².